The number of unbranched alkanes of at least 4 members (excludes halogenated alkanes) is 23. The summed E-state index contributed by atoms with van der Waals surface area (Å²) in [6.07, 6.45) is 33.8. The third-order valence-corrected chi connectivity index (χ3v) is 6.75. The predicted octanol–water partition coefficient (Wildman–Crippen LogP) is 9.29. The molecule has 0 heterocycles. The molecule has 0 bridgehead atoms. The van der Waals surface area contributed by atoms with Crippen LogP contribution < -0.4 is 0 Å². The lowest BCUT2D eigenvalue weighted by Gasteiger charge is -2.08. The van der Waals surface area contributed by atoms with Gasteiger partial charge >= 0.3 is 0 Å². The molecule has 192 valence electrons. The van der Waals surface area contributed by atoms with Crippen LogP contribution in [0.1, 0.15) is 167 Å². The van der Waals surface area contributed by atoms with Crippen molar-refractivity contribution < 1.29 is 14.6 Å². The van der Waals surface area contributed by atoms with Crippen LogP contribution in [0.2, 0.25) is 0 Å². The first-order chi connectivity index (χ1) is 15.8. The van der Waals surface area contributed by atoms with Crippen LogP contribution in [0.5, 0.6) is 0 Å². The summed E-state index contributed by atoms with van der Waals surface area (Å²) < 4.78 is 4.57. The van der Waals surface area contributed by atoms with Crippen LogP contribution in [0.25, 0.3) is 0 Å². The van der Waals surface area contributed by atoms with Gasteiger partial charge in [-0.1, -0.05) is 161 Å². The molecule has 0 aliphatic rings. The molecule has 0 spiro atoms. The second-order valence-electron chi connectivity index (χ2n) is 10.0. The molecule has 0 aromatic carbocycles. The fourth-order valence-corrected chi connectivity index (χ4v) is 4.58. The zero-order valence-electron chi connectivity index (χ0n) is 21.8. The van der Waals surface area contributed by atoms with Gasteiger partial charge in [-0.3, -0.25) is 4.79 Å². The van der Waals surface area contributed by atoms with Gasteiger partial charge in [0.1, 0.15) is 6.61 Å². The van der Waals surface area contributed by atoms with Crippen molar-refractivity contribution in [3.8, 4) is 0 Å². The Bertz CT molecular complexity index is 345. The van der Waals surface area contributed by atoms with Crippen molar-refractivity contribution >= 4 is 6.47 Å². The summed E-state index contributed by atoms with van der Waals surface area (Å²) in [7, 11) is 0. The quantitative estimate of drug-likeness (QED) is 0.0946. The van der Waals surface area contributed by atoms with Crippen LogP contribution in [0.15, 0.2) is 0 Å². The zero-order valence-corrected chi connectivity index (χ0v) is 21.8. The van der Waals surface area contributed by atoms with E-state index in [-0.39, 0.29) is 6.61 Å². The minimum absolute atomic E-state index is 0.142. The van der Waals surface area contributed by atoms with Gasteiger partial charge in [-0.05, 0) is 6.42 Å². The lowest BCUT2D eigenvalue weighted by atomic mass is 10.0. The molecular formula is C29H58O3. The first-order valence-corrected chi connectivity index (χ1v) is 14.5. The van der Waals surface area contributed by atoms with E-state index in [0.29, 0.717) is 6.47 Å². The molecule has 1 atom stereocenters. The smallest absolute Gasteiger partial charge is 0.293 e. The molecule has 3 heteroatoms. The summed E-state index contributed by atoms with van der Waals surface area (Å²) in [6, 6.07) is 0. The molecule has 0 aromatic rings. The van der Waals surface area contributed by atoms with E-state index in [4.69, 9.17) is 0 Å². The highest BCUT2D eigenvalue weighted by atomic mass is 16.5. The number of aliphatic hydroxyl groups excluding tert-OH is 1. The number of hydrogen-bond donors (Lipinski definition) is 1. The van der Waals surface area contributed by atoms with Gasteiger partial charge in [0, 0.05) is 0 Å². The monoisotopic (exact) mass is 454 g/mol. The van der Waals surface area contributed by atoms with Crippen molar-refractivity contribution in [2.24, 2.45) is 0 Å². The fraction of sp³-hybridized carbons (Fsp3) is 0.966. The molecule has 3 nitrogen and oxygen atoms in total. The summed E-state index contributed by atoms with van der Waals surface area (Å²) in [6.45, 7) is 2.84. The Morgan fingerprint density at radius 1 is 0.531 bits per heavy atom. The number of carbonyl (C=O) groups is 1. The van der Waals surface area contributed by atoms with Crippen LogP contribution in [-0.4, -0.2) is 24.3 Å². The van der Waals surface area contributed by atoms with Crippen molar-refractivity contribution in [2.45, 2.75) is 174 Å². The van der Waals surface area contributed by atoms with Gasteiger partial charge in [0.2, 0.25) is 0 Å². The van der Waals surface area contributed by atoms with Gasteiger partial charge in [-0.15, -0.1) is 0 Å². The third kappa shape index (κ3) is 27.5. The van der Waals surface area contributed by atoms with Crippen LogP contribution in [-0.2, 0) is 9.53 Å². The van der Waals surface area contributed by atoms with E-state index < -0.39 is 6.10 Å². The molecule has 0 fully saturated rings. The van der Waals surface area contributed by atoms with E-state index in [1.807, 2.05) is 0 Å². The maximum Gasteiger partial charge on any atom is 0.293 e. The van der Waals surface area contributed by atoms with E-state index in [2.05, 4.69) is 11.7 Å². The molecule has 0 amide bonds. The number of hydrogen-bond acceptors (Lipinski definition) is 3. The SMILES string of the molecule is CCCCCCCCCCCCCCCCCCCCCCCCCCC(O)COC=O. The molecule has 0 aliphatic carbocycles. The molecule has 1 N–H and O–H groups in total. The Kier molecular flexibility index (Phi) is 28.0. The zero-order chi connectivity index (χ0) is 23.4. The lowest BCUT2D eigenvalue weighted by molar-refractivity contribution is -0.131. The first-order valence-electron chi connectivity index (χ1n) is 14.5. The number of carbonyl (C=O) groups excluding carboxylic acids is 1. The maximum absolute atomic E-state index is 10.1. The van der Waals surface area contributed by atoms with Crippen LogP contribution in [0.4, 0.5) is 0 Å². The Morgan fingerprint density at radius 2 is 0.812 bits per heavy atom. The van der Waals surface area contributed by atoms with Gasteiger partial charge in [0.05, 0.1) is 6.10 Å². The van der Waals surface area contributed by atoms with Crippen molar-refractivity contribution in [3.63, 3.8) is 0 Å². The number of rotatable bonds is 28. The topological polar surface area (TPSA) is 46.5 Å². The molecule has 0 aliphatic heterocycles. The van der Waals surface area contributed by atoms with Crippen LogP contribution in [0.3, 0.4) is 0 Å². The van der Waals surface area contributed by atoms with E-state index in [1.165, 1.54) is 148 Å². The summed E-state index contributed by atoms with van der Waals surface area (Å²) in [4.78, 5) is 10.1. The summed E-state index contributed by atoms with van der Waals surface area (Å²) in [5.74, 6) is 0. The van der Waals surface area contributed by atoms with E-state index in [0.717, 1.165) is 12.8 Å². The van der Waals surface area contributed by atoms with Crippen molar-refractivity contribution in [1.82, 2.24) is 0 Å². The Hall–Kier alpha value is -0.570. The lowest BCUT2D eigenvalue weighted by Crippen LogP contribution is -2.14. The first kappa shape index (κ1) is 31.4. The molecule has 32 heavy (non-hydrogen) atoms. The van der Waals surface area contributed by atoms with Crippen LogP contribution in [0, 0.1) is 0 Å². The minimum atomic E-state index is -0.486. The molecule has 1 unspecified atom stereocenters. The minimum Gasteiger partial charge on any atom is -0.465 e. The summed E-state index contributed by atoms with van der Waals surface area (Å²) >= 11 is 0. The van der Waals surface area contributed by atoms with Gasteiger partial charge in [-0.25, -0.2) is 0 Å². The average molecular weight is 455 g/mol. The van der Waals surface area contributed by atoms with E-state index in [1.54, 1.807) is 0 Å². The molecule has 0 aromatic heterocycles. The molecular weight excluding hydrogens is 396 g/mol. The largest absolute Gasteiger partial charge is 0.465 e. The van der Waals surface area contributed by atoms with Crippen molar-refractivity contribution in [2.75, 3.05) is 6.61 Å². The predicted molar refractivity (Wildman–Crippen MR) is 139 cm³/mol. The highest BCUT2D eigenvalue weighted by molar-refractivity contribution is 5.36. The van der Waals surface area contributed by atoms with Gasteiger partial charge in [0.15, 0.2) is 0 Å². The van der Waals surface area contributed by atoms with Crippen LogP contribution >= 0.6 is 0 Å². The van der Waals surface area contributed by atoms with Gasteiger partial charge < -0.3 is 9.84 Å². The Morgan fingerprint density at radius 3 is 1.09 bits per heavy atom. The molecule has 0 saturated heterocycles. The van der Waals surface area contributed by atoms with Gasteiger partial charge in [0.25, 0.3) is 6.47 Å². The fourth-order valence-electron chi connectivity index (χ4n) is 4.58. The van der Waals surface area contributed by atoms with Crippen molar-refractivity contribution in [1.29, 1.82) is 0 Å². The maximum atomic E-state index is 10.1. The van der Waals surface area contributed by atoms with Gasteiger partial charge in [-0.2, -0.15) is 0 Å². The second-order valence-corrected chi connectivity index (χ2v) is 10.0. The normalized spacial score (nSPS) is 12.2. The Balaban J connectivity index is 3.04. The standard InChI is InChI=1S/C29H58O3/c1-2-3-4-5-6-7-8-9-10-11-12-13-14-15-16-17-18-19-20-21-22-23-24-25-26-29(31)27-32-28-30/h28-29,31H,2-27H2,1H3. The van der Waals surface area contributed by atoms with Crippen molar-refractivity contribution in [3.05, 3.63) is 0 Å². The van der Waals surface area contributed by atoms with E-state index in [9.17, 15) is 9.90 Å². The summed E-state index contributed by atoms with van der Waals surface area (Å²) in [5.41, 5.74) is 0. The third-order valence-electron chi connectivity index (χ3n) is 6.75. The van der Waals surface area contributed by atoms with E-state index >= 15 is 0 Å². The second kappa shape index (κ2) is 28.5. The summed E-state index contributed by atoms with van der Waals surface area (Å²) in [5, 5.41) is 9.57. The Labute approximate surface area is 201 Å². The highest BCUT2D eigenvalue weighted by Crippen LogP contribution is 2.16. The highest BCUT2D eigenvalue weighted by Gasteiger charge is 2.03. The molecule has 0 saturated carbocycles. The molecule has 0 radical (unpaired) electrons. The molecule has 0 rings (SSSR count). The average Bonchev–Trinajstić information content (AvgIpc) is 2.80. The number of aliphatic hydroxyl groups is 1. The number of ether oxygens (including phenoxy) is 1.